The van der Waals surface area contributed by atoms with Gasteiger partial charge in [0.05, 0.1) is 24.0 Å². The van der Waals surface area contributed by atoms with Gasteiger partial charge in [0.1, 0.15) is 0 Å². The molecule has 23 heavy (non-hydrogen) atoms. The van der Waals surface area contributed by atoms with Crippen LogP contribution in [-0.2, 0) is 24.2 Å². The zero-order valence-electron chi connectivity index (χ0n) is 13.4. The highest BCUT2D eigenvalue weighted by molar-refractivity contribution is 7.91. The molecule has 8 heteroatoms. The second kappa shape index (κ2) is 6.39. The van der Waals surface area contributed by atoms with Gasteiger partial charge in [0, 0.05) is 38.7 Å². The maximum atomic E-state index is 12.7. The van der Waals surface area contributed by atoms with Crippen LogP contribution in [0.15, 0.2) is 0 Å². The van der Waals surface area contributed by atoms with Crippen molar-refractivity contribution in [2.24, 2.45) is 5.92 Å². The second-order valence-electron chi connectivity index (χ2n) is 6.76. The number of hydrogen-bond donors (Lipinski definition) is 0. The molecule has 1 aliphatic carbocycles. The molecule has 0 bridgehead atoms. The summed E-state index contributed by atoms with van der Waals surface area (Å²) < 4.78 is 28.3. The number of methoxy groups -OCH3 is 1. The molecular weight excluding hydrogens is 320 g/mol. The number of amides is 2. The van der Waals surface area contributed by atoms with Gasteiger partial charge >= 0.3 is 0 Å². The molecule has 0 radical (unpaired) electrons. The lowest BCUT2D eigenvalue weighted by atomic mass is 10.1. The normalized spacial score (nSPS) is 30.0. The molecule has 2 heterocycles. The smallest absolute Gasteiger partial charge is 0.228 e. The van der Waals surface area contributed by atoms with Crippen LogP contribution in [-0.4, -0.2) is 80.4 Å². The maximum absolute atomic E-state index is 12.7. The van der Waals surface area contributed by atoms with Crippen LogP contribution < -0.4 is 0 Å². The Balaban J connectivity index is 1.63. The van der Waals surface area contributed by atoms with Gasteiger partial charge in [-0.2, -0.15) is 0 Å². The Morgan fingerprint density at radius 3 is 2.65 bits per heavy atom. The van der Waals surface area contributed by atoms with E-state index in [1.54, 1.807) is 12.0 Å². The van der Waals surface area contributed by atoms with Gasteiger partial charge in [-0.1, -0.05) is 0 Å². The number of sulfone groups is 1. The van der Waals surface area contributed by atoms with E-state index in [1.165, 1.54) is 0 Å². The minimum atomic E-state index is -3.03. The molecule has 2 amide bonds. The summed E-state index contributed by atoms with van der Waals surface area (Å²) in [7, 11) is -1.42. The fraction of sp³-hybridized carbons (Fsp3) is 0.867. The molecule has 0 aromatic carbocycles. The second-order valence-corrected chi connectivity index (χ2v) is 8.99. The number of hydrogen-bond acceptors (Lipinski definition) is 5. The van der Waals surface area contributed by atoms with Gasteiger partial charge in [0.25, 0.3) is 0 Å². The van der Waals surface area contributed by atoms with Crippen LogP contribution in [0, 0.1) is 5.92 Å². The van der Waals surface area contributed by atoms with Crippen LogP contribution in [0.3, 0.4) is 0 Å². The number of rotatable bonds is 6. The number of carbonyl (C=O) groups excluding carboxylic acids is 2. The summed E-state index contributed by atoms with van der Waals surface area (Å²) in [6, 6.07) is 0.0345. The third-order valence-corrected chi connectivity index (χ3v) is 6.71. The Bertz CT molecular complexity index is 587. The van der Waals surface area contributed by atoms with Crippen molar-refractivity contribution < 1.29 is 22.7 Å². The maximum Gasteiger partial charge on any atom is 0.228 e. The van der Waals surface area contributed by atoms with E-state index in [0.29, 0.717) is 26.1 Å². The average Bonchev–Trinajstić information content (AvgIpc) is 3.16. The van der Waals surface area contributed by atoms with Crippen molar-refractivity contribution in [3.05, 3.63) is 0 Å². The van der Waals surface area contributed by atoms with E-state index in [0.717, 1.165) is 12.8 Å². The molecular formula is C15H24N2O5S. The van der Waals surface area contributed by atoms with Gasteiger partial charge in [0.2, 0.25) is 11.8 Å². The van der Waals surface area contributed by atoms with Gasteiger partial charge < -0.3 is 14.5 Å². The standard InChI is InChI=1S/C15H24N2O5S/c1-22-6-5-16(12-2-3-12)15(19)11-8-14(18)17(9-11)13-4-7-23(20,21)10-13/h11-13H,2-10H2,1H3. The van der Waals surface area contributed by atoms with Gasteiger partial charge in [0.15, 0.2) is 9.84 Å². The van der Waals surface area contributed by atoms with E-state index < -0.39 is 9.84 Å². The van der Waals surface area contributed by atoms with Crippen molar-refractivity contribution >= 4 is 21.7 Å². The van der Waals surface area contributed by atoms with Crippen molar-refractivity contribution in [2.75, 3.05) is 38.3 Å². The molecule has 0 N–H and O–H groups in total. The van der Waals surface area contributed by atoms with Gasteiger partial charge in [-0.15, -0.1) is 0 Å². The predicted molar refractivity (Wildman–Crippen MR) is 83.5 cm³/mol. The molecule has 3 fully saturated rings. The molecule has 0 aromatic rings. The first-order valence-corrected chi connectivity index (χ1v) is 10.0. The Hall–Kier alpha value is -1.15. The summed E-state index contributed by atoms with van der Waals surface area (Å²) >= 11 is 0. The number of carbonyl (C=O) groups is 2. The van der Waals surface area contributed by atoms with Crippen LogP contribution in [0.5, 0.6) is 0 Å². The van der Waals surface area contributed by atoms with Crippen molar-refractivity contribution in [1.82, 2.24) is 9.80 Å². The molecule has 2 atom stereocenters. The highest BCUT2D eigenvalue weighted by atomic mass is 32.2. The molecule has 0 spiro atoms. The Kier molecular flexibility index (Phi) is 4.64. The van der Waals surface area contributed by atoms with Crippen molar-refractivity contribution in [3.8, 4) is 0 Å². The predicted octanol–water partition coefficient (Wildman–Crippen LogP) is -0.341. The summed E-state index contributed by atoms with van der Waals surface area (Å²) in [5.41, 5.74) is 0. The summed E-state index contributed by atoms with van der Waals surface area (Å²) in [5, 5.41) is 0. The summed E-state index contributed by atoms with van der Waals surface area (Å²) in [6.45, 7) is 1.41. The van der Waals surface area contributed by atoms with Crippen LogP contribution in [0.2, 0.25) is 0 Å². The molecule has 130 valence electrons. The lowest BCUT2D eigenvalue weighted by molar-refractivity contribution is -0.137. The minimum Gasteiger partial charge on any atom is -0.383 e. The largest absolute Gasteiger partial charge is 0.383 e. The summed E-state index contributed by atoms with van der Waals surface area (Å²) in [4.78, 5) is 28.4. The summed E-state index contributed by atoms with van der Waals surface area (Å²) in [6.07, 6.45) is 2.72. The van der Waals surface area contributed by atoms with Crippen molar-refractivity contribution in [3.63, 3.8) is 0 Å². The Labute approximate surface area is 136 Å². The van der Waals surface area contributed by atoms with Gasteiger partial charge in [-0.05, 0) is 19.3 Å². The van der Waals surface area contributed by atoms with Crippen molar-refractivity contribution in [1.29, 1.82) is 0 Å². The highest BCUT2D eigenvalue weighted by Crippen LogP contribution is 2.32. The van der Waals surface area contributed by atoms with Gasteiger partial charge in [-0.3, -0.25) is 9.59 Å². The topological polar surface area (TPSA) is 84.0 Å². The number of likely N-dealkylation sites (tertiary alicyclic amines) is 1. The van der Waals surface area contributed by atoms with E-state index in [2.05, 4.69) is 0 Å². The van der Waals surface area contributed by atoms with E-state index in [-0.39, 0.29) is 47.7 Å². The zero-order chi connectivity index (χ0) is 16.6. The van der Waals surface area contributed by atoms with Crippen LogP contribution in [0.4, 0.5) is 0 Å². The Morgan fingerprint density at radius 1 is 1.35 bits per heavy atom. The van der Waals surface area contributed by atoms with E-state index in [9.17, 15) is 18.0 Å². The fourth-order valence-electron chi connectivity index (χ4n) is 3.55. The average molecular weight is 344 g/mol. The molecule has 1 saturated carbocycles. The van der Waals surface area contributed by atoms with Crippen LogP contribution >= 0.6 is 0 Å². The minimum absolute atomic E-state index is 0.0151. The summed E-state index contributed by atoms with van der Waals surface area (Å²) in [5.74, 6) is -0.241. The number of ether oxygens (including phenoxy) is 1. The molecule has 0 aromatic heterocycles. The monoisotopic (exact) mass is 344 g/mol. The Morgan fingerprint density at radius 2 is 2.09 bits per heavy atom. The lowest BCUT2D eigenvalue weighted by Crippen LogP contribution is -2.42. The molecule has 2 aliphatic heterocycles. The van der Waals surface area contributed by atoms with E-state index >= 15 is 0 Å². The molecule has 3 aliphatic rings. The molecule has 2 saturated heterocycles. The van der Waals surface area contributed by atoms with Crippen molar-refractivity contribution in [2.45, 2.75) is 37.8 Å². The third kappa shape index (κ3) is 3.68. The first kappa shape index (κ1) is 16.7. The molecule has 2 unspecified atom stereocenters. The third-order valence-electron chi connectivity index (χ3n) is 4.96. The lowest BCUT2D eigenvalue weighted by Gasteiger charge is -2.26. The fourth-order valence-corrected chi connectivity index (χ4v) is 5.28. The SMILES string of the molecule is COCCN(C(=O)C1CC(=O)N(C2CCS(=O)(=O)C2)C1)C1CC1. The molecule has 7 nitrogen and oxygen atoms in total. The van der Waals surface area contributed by atoms with Gasteiger partial charge in [-0.25, -0.2) is 8.42 Å². The zero-order valence-corrected chi connectivity index (χ0v) is 14.3. The van der Waals surface area contributed by atoms with Crippen LogP contribution in [0.1, 0.15) is 25.7 Å². The highest BCUT2D eigenvalue weighted by Gasteiger charge is 2.44. The molecule has 3 rings (SSSR count). The quantitative estimate of drug-likeness (QED) is 0.658. The van der Waals surface area contributed by atoms with Crippen LogP contribution in [0.25, 0.3) is 0 Å². The number of nitrogens with zero attached hydrogens (tertiary/aromatic N) is 2. The van der Waals surface area contributed by atoms with E-state index in [4.69, 9.17) is 4.74 Å². The first-order valence-electron chi connectivity index (χ1n) is 8.20. The first-order chi connectivity index (χ1) is 10.9. The van der Waals surface area contributed by atoms with E-state index in [1.807, 2.05) is 4.90 Å².